The van der Waals surface area contributed by atoms with Gasteiger partial charge in [0.15, 0.2) is 0 Å². The van der Waals surface area contributed by atoms with Crippen molar-refractivity contribution in [2.75, 3.05) is 6.61 Å². The van der Waals surface area contributed by atoms with Crippen molar-refractivity contribution in [3.05, 3.63) is 29.8 Å². The van der Waals surface area contributed by atoms with E-state index in [0.717, 1.165) is 31.8 Å². The highest BCUT2D eigenvalue weighted by molar-refractivity contribution is 5.76. The van der Waals surface area contributed by atoms with E-state index in [9.17, 15) is 4.79 Å². The number of rotatable bonds is 4. The number of hydrogen-bond acceptors (Lipinski definition) is 3. The van der Waals surface area contributed by atoms with E-state index in [1.807, 2.05) is 12.1 Å². The van der Waals surface area contributed by atoms with Gasteiger partial charge >= 0.3 is 5.97 Å². The molecule has 4 rings (SSSR count). The van der Waals surface area contributed by atoms with E-state index in [4.69, 9.17) is 9.47 Å². The Labute approximate surface area is 132 Å². The molecule has 3 heteroatoms. The predicted molar refractivity (Wildman–Crippen MR) is 83.7 cm³/mol. The predicted octanol–water partition coefficient (Wildman–Crippen LogP) is 3.78. The van der Waals surface area contributed by atoms with Crippen LogP contribution in [0.4, 0.5) is 0 Å². The van der Waals surface area contributed by atoms with Crippen molar-refractivity contribution < 1.29 is 14.3 Å². The van der Waals surface area contributed by atoms with E-state index >= 15 is 0 Å². The highest BCUT2D eigenvalue weighted by Gasteiger charge is 2.59. The second-order valence-corrected chi connectivity index (χ2v) is 7.26. The molecule has 0 radical (unpaired) electrons. The molecule has 6 unspecified atom stereocenters. The quantitative estimate of drug-likeness (QED) is 0.627. The van der Waals surface area contributed by atoms with Crippen LogP contribution in [0, 0.1) is 23.7 Å². The number of benzene rings is 1. The molecule has 3 fully saturated rings. The summed E-state index contributed by atoms with van der Waals surface area (Å²) in [6, 6.07) is 8.00. The van der Waals surface area contributed by atoms with E-state index in [1.54, 1.807) is 0 Å². The van der Waals surface area contributed by atoms with E-state index in [1.165, 1.54) is 5.56 Å². The van der Waals surface area contributed by atoms with Crippen LogP contribution >= 0.6 is 0 Å². The van der Waals surface area contributed by atoms with Gasteiger partial charge in [-0.25, -0.2) is 0 Å². The Kier molecular flexibility index (Phi) is 3.48. The molecule has 2 saturated carbocycles. The summed E-state index contributed by atoms with van der Waals surface area (Å²) in [7, 11) is 0. The molecule has 6 atom stereocenters. The van der Waals surface area contributed by atoms with Crippen molar-refractivity contribution in [3.8, 4) is 5.75 Å². The van der Waals surface area contributed by atoms with Gasteiger partial charge < -0.3 is 9.47 Å². The minimum atomic E-state index is -0.0576. The highest BCUT2D eigenvalue weighted by atomic mass is 16.5. The van der Waals surface area contributed by atoms with Gasteiger partial charge in [0.1, 0.15) is 5.75 Å². The molecular weight excluding hydrogens is 276 g/mol. The Bertz CT molecular complexity index is 563. The molecule has 1 heterocycles. The van der Waals surface area contributed by atoms with Crippen LogP contribution in [-0.2, 0) is 9.53 Å². The average molecular weight is 300 g/mol. The zero-order valence-corrected chi connectivity index (χ0v) is 13.3. The fourth-order valence-electron chi connectivity index (χ4n) is 4.55. The molecule has 1 aliphatic heterocycles. The largest absolute Gasteiger partial charge is 0.426 e. The molecule has 1 aromatic carbocycles. The molecule has 0 amide bonds. The summed E-state index contributed by atoms with van der Waals surface area (Å²) in [5, 5.41) is 0. The number of carbonyl (C=O) groups excluding carboxylic acids is 1. The molecule has 2 bridgehead atoms. The van der Waals surface area contributed by atoms with Crippen LogP contribution in [0.2, 0.25) is 0 Å². The van der Waals surface area contributed by atoms with Crippen LogP contribution in [0.5, 0.6) is 5.75 Å². The van der Waals surface area contributed by atoms with Crippen molar-refractivity contribution in [1.29, 1.82) is 0 Å². The van der Waals surface area contributed by atoms with Gasteiger partial charge in [-0.1, -0.05) is 26.0 Å². The summed E-state index contributed by atoms with van der Waals surface area (Å²) < 4.78 is 11.3. The van der Waals surface area contributed by atoms with Crippen molar-refractivity contribution >= 4 is 5.97 Å². The third-order valence-corrected chi connectivity index (χ3v) is 6.16. The highest BCUT2D eigenvalue weighted by Crippen LogP contribution is 2.57. The van der Waals surface area contributed by atoms with Crippen molar-refractivity contribution in [2.45, 2.75) is 45.1 Å². The molecule has 0 N–H and O–H groups in total. The zero-order valence-electron chi connectivity index (χ0n) is 13.3. The van der Waals surface area contributed by atoms with Gasteiger partial charge in [0.2, 0.25) is 0 Å². The molecule has 118 valence electrons. The summed E-state index contributed by atoms with van der Waals surface area (Å²) in [4.78, 5) is 12.5. The van der Waals surface area contributed by atoms with Crippen LogP contribution in [0.25, 0.3) is 0 Å². The third-order valence-electron chi connectivity index (χ3n) is 6.16. The van der Waals surface area contributed by atoms with Gasteiger partial charge in [-0.05, 0) is 54.7 Å². The Morgan fingerprint density at radius 1 is 1.27 bits per heavy atom. The van der Waals surface area contributed by atoms with Crippen LogP contribution < -0.4 is 4.74 Å². The third kappa shape index (κ3) is 2.18. The van der Waals surface area contributed by atoms with E-state index in [2.05, 4.69) is 26.0 Å². The first-order valence-corrected chi connectivity index (χ1v) is 8.60. The molecule has 0 aromatic heterocycles. The molecule has 1 aromatic rings. The van der Waals surface area contributed by atoms with E-state index in [0.29, 0.717) is 29.6 Å². The standard InChI is InChI=1S/C19H24O3/c1-3-11(2)12-4-6-14(7-5-12)22-19(20)16-9-13-8-15(16)18-17(13)10-21-18/h4-7,11,13,15-18H,3,8-10H2,1-2H3. The summed E-state index contributed by atoms with van der Waals surface area (Å²) in [6.45, 7) is 5.31. The Morgan fingerprint density at radius 2 is 2.05 bits per heavy atom. The van der Waals surface area contributed by atoms with Gasteiger partial charge in [-0.3, -0.25) is 4.79 Å². The number of fused-ring (bicyclic) bond motifs is 5. The van der Waals surface area contributed by atoms with Crippen LogP contribution in [0.3, 0.4) is 0 Å². The SMILES string of the molecule is CCC(C)c1ccc(OC(=O)C2CC3CC2C2OCC32)cc1. The zero-order chi connectivity index (χ0) is 15.3. The van der Waals surface area contributed by atoms with Crippen LogP contribution in [-0.4, -0.2) is 18.7 Å². The summed E-state index contributed by atoms with van der Waals surface area (Å²) in [5.74, 6) is 3.01. The van der Waals surface area contributed by atoms with Gasteiger partial charge in [0.05, 0.1) is 18.6 Å². The number of carbonyl (C=O) groups is 1. The lowest BCUT2D eigenvalue weighted by Crippen LogP contribution is -2.48. The monoisotopic (exact) mass is 300 g/mol. The maximum atomic E-state index is 12.5. The van der Waals surface area contributed by atoms with Crippen LogP contribution in [0.15, 0.2) is 24.3 Å². The van der Waals surface area contributed by atoms with Gasteiger partial charge in [-0.15, -0.1) is 0 Å². The first-order valence-electron chi connectivity index (χ1n) is 8.60. The second kappa shape index (κ2) is 5.38. The van der Waals surface area contributed by atoms with Crippen molar-refractivity contribution in [1.82, 2.24) is 0 Å². The maximum absolute atomic E-state index is 12.5. The Hall–Kier alpha value is -1.35. The molecule has 3 aliphatic rings. The minimum Gasteiger partial charge on any atom is -0.426 e. The molecule has 22 heavy (non-hydrogen) atoms. The number of ether oxygens (including phenoxy) is 2. The summed E-state index contributed by atoms with van der Waals surface area (Å²) in [5.41, 5.74) is 1.30. The maximum Gasteiger partial charge on any atom is 0.314 e. The first kappa shape index (κ1) is 14.3. The normalized spacial score (nSPS) is 36.5. The first-order chi connectivity index (χ1) is 10.7. The van der Waals surface area contributed by atoms with E-state index < -0.39 is 0 Å². The van der Waals surface area contributed by atoms with Gasteiger partial charge in [0, 0.05) is 5.92 Å². The topological polar surface area (TPSA) is 35.5 Å². The fourth-order valence-corrected chi connectivity index (χ4v) is 4.55. The Morgan fingerprint density at radius 3 is 2.64 bits per heavy atom. The molecule has 0 spiro atoms. The smallest absolute Gasteiger partial charge is 0.314 e. The molecule has 2 aliphatic carbocycles. The molecule has 3 nitrogen and oxygen atoms in total. The lowest BCUT2D eigenvalue weighted by atomic mass is 9.77. The van der Waals surface area contributed by atoms with Gasteiger partial charge in [0.25, 0.3) is 0 Å². The molecule has 1 saturated heterocycles. The summed E-state index contributed by atoms with van der Waals surface area (Å²) >= 11 is 0. The Balaban J connectivity index is 1.40. The number of hydrogen-bond donors (Lipinski definition) is 0. The van der Waals surface area contributed by atoms with Crippen LogP contribution in [0.1, 0.15) is 44.6 Å². The molecular formula is C19H24O3. The van der Waals surface area contributed by atoms with Crippen molar-refractivity contribution in [2.24, 2.45) is 23.7 Å². The second-order valence-electron chi connectivity index (χ2n) is 7.26. The lowest BCUT2D eigenvalue weighted by molar-refractivity contribution is -0.167. The fraction of sp³-hybridized carbons (Fsp3) is 0.632. The average Bonchev–Trinajstić information content (AvgIpc) is 2.99. The number of esters is 1. The van der Waals surface area contributed by atoms with Gasteiger partial charge in [-0.2, -0.15) is 0 Å². The lowest BCUT2D eigenvalue weighted by Gasteiger charge is -2.42. The van der Waals surface area contributed by atoms with Crippen molar-refractivity contribution in [3.63, 3.8) is 0 Å². The van der Waals surface area contributed by atoms with E-state index in [-0.39, 0.29) is 11.9 Å². The summed E-state index contributed by atoms with van der Waals surface area (Å²) in [6.07, 6.45) is 3.61. The minimum absolute atomic E-state index is 0.0424.